The third-order valence-corrected chi connectivity index (χ3v) is 2.32. The molecule has 1 fully saturated rings. The summed E-state index contributed by atoms with van der Waals surface area (Å²) < 4.78 is 4.81. The molecule has 14 heavy (non-hydrogen) atoms. The van der Waals surface area contributed by atoms with Crippen molar-refractivity contribution in [2.75, 3.05) is 33.9 Å². The molecule has 80 valence electrons. The standard InChI is InChI=1S/C9H16N2O3/c1-11-6-7(5-8(11)12)9(13)10-3-4-14-2/h7H,3-6H2,1-2H3,(H,10,13). The smallest absolute Gasteiger partial charge is 0.225 e. The molecular formula is C9H16N2O3. The van der Waals surface area contributed by atoms with Crippen LogP contribution in [0.4, 0.5) is 0 Å². The van der Waals surface area contributed by atoms with Gasteiger partial charge in [0.2, 0.25) is 11.8 Å². The Balaban J connectivity index is 2.28. The summed E-state index contributed by atoms with van der Waals surface area (Å²) in [5, 5.41) is 2.72. The fourth-order valence-corrected chi connectivity index (χ4v) is 1.46. The van der Waals surface area contributed by atoms with Crippen LogP contribution >= 0.6 is 0 Å². The highest BCUT2D eigenvalue weighted by atomic mass is 16.5. The van der Waals surface area contributed by atoms with Crippen molar-refractivity contribution in [2.45, 2.75) is 6.42 Å². The van der Waals surface area contributed by atoms with Gasteiger partial charge in [0.25, 0.3) is 0 Å². The Bertz CT molecular complexity index is 230. The summed E-state index contributed by atoms with van der Waals surface area (Å²) in [6, 6.07) is 0. The maximum absolute atomic E-state index is 11.5. The third-order valence-electron chi connectivity index (χ3n) is 2.32. The van der Waals surface area contributed by atoms with Gasteiger partial charge in [-0.3, -0.25) is 9.59 Å². The molecule has 0 bridgehead atoms. The molecule has 1 aliphatic heterocycles. The normalized spacial score (nSPS) is 21.4. The van der Waals surface area contributed by atoms with E-state index in [-0.39, 0.29) is 17.7 Å². The van der Waals surface area contributed by atoms with Crippen LogP contribution in [0.2, 0.25) is 0 Å². The minimum absolute atomic E-state index is 0.0388. The Kier molecular flexibility index (Phi) is 3.88. The van der Waals surface area contributed by atoms with Crippen LogP contribution in [0.5, 0.6) is 0 Å². The van der Waals surface area contributed by atoms with Crippen molar-refractivity contribution >= 4 is 11.8 Å². The van der Waals surface area contributed by atoms with Crippen LogP contribution in [-0.4, -0.2) is 50.6 Å². The summed E-state index contributed by atoms with van der Waals surface area (Å²) in [6.45, 7) is 1.53. The highest BCUT2D eigenvalue weighted by molar-refractivity contribution is 5.89. The largest absolute Gasteiger partial charge is 0.383 e. The zero-order valence-electron chi connectivity index (χ0n) is 8.58. The van der Waals surface area contributed by atoms with Gasteiger partial charge in [-0.2, -0.15) is 0 Å². The second kappa shape index (κ2) is 4.95. The molecule has 0 aliphatic carbocycles. The minimum atomic E-state index is -0.190. The Morgan fingerprint density at radius 2 is 2.43 bits per heavy atom. The molecule has 1 rings (SSSR count). The van der Waals surface area contributed by atoms with Gasteiger partial charge < -0.3 is 15.0 Å². The Labute approximate surface area is 83.4 Å². The predicted molar refractivity (Wildman–Crippen MR) is 50.6 cm³/mol. The number of carbonyl (C=O) groups is 2. The summed E-state index contributed by atoms with van der Waals surface area (Å²) >= 11 is 0. The van der Waals surface area contributed by atoms with Crippen LogP contribution in [0.25, 0.3) is 0 Å². The van der Waals surface area contributed by atoms with Crippen LogP contribution in [0.1, 0.15) is 6.42 Å². The van der Waals surface area contributed by atoms with Gasteiger partial charge >= 0.3 is 0 Å². The molecule has 0 aromatic heterocycles. The molecule has 1 saturated heterocycles. The second-order valence-corrected chi connectivity index (χ2v) is 3.46. The second-order valence-electron chi connectivity index (χ2n) is 3.46. The number of ether oxygens (including phenoxy) is 1. The van der Waals surface area contributed by atoms with E-state index in [4.69, 9.17) is 4.74 Å². The van der Waals surface area contributed by atoms with E-state index in [0.29, 0.717) is 26.1 Å². The third kappa shape index (κ3) is 2.70. The van der Waals surface area contributed by atoms with Gasteiger partial charge in [-0.1, -0.05) is 0 Å². The van der Waals surface area contributed by atoms with Crippen LogP contribution in [0, 0.1) is 5.92 Å². The lowest BCUT2D eigenvalue weighted by Gasteiger charge is -2.10. The molecule has 0 saturated carbocycles. The quantitative estimate of drug-likeness (QED) is 0.606. The van der Waals surface area contributed by atoms with Gasteiger partial charge in [0.05, 0.1) is 12.5 Å². The maximum atomic E-state index is 11.5. The highest BCUT2D eigenvalue weighted by Gasteiger charge is 2.31. The van der Waals surface area contributed by atoms with E-state index < -0.39 is 0 Å². The van der Waals surface area contributed by atoms with Crippen molar-refractivity contribution in [3.05, 3.63) is 0 Å². The van der Waals surface area contributed by atoms with Gasteiger partial charge in [0.15, 0.2) is 0 Å². The van der Waals surface area contributed by atoms with E-state index in [0.717, 1.165) is 0 Å². The predicted octanol–water partition coefficient (Wildman–Crippen LogP) is -0.773. The zero-order valence-corrected chi connectivity index (χ0v) is 8.58. The molecule has 1 heterocycles. The Morgan fingerprint density at radius 3 is 2.93 bits per heavy atom. The van der Waals surface area contributed by atoms with Crippen LogP contribution in [0.15, 0.2) is 0 Å². The number of likely N-dealkylation sites (tertiary alicyclic amines) is 1. The lowest BCUT2D eigenvalue weighted by atomic mass is 10.1. The minimum Gasteiger partial charge on any atom is -0.383 e. The summed E-state index contributed by atoms with van der Waals surface area (Å²) in [6.07, 6.45) is 0.329. The molecular weight excluding hydrogens is 184 g/mol. The summed E-state index contributed by atoms with van der Waals surface area (Å²) in [4.78, 5) is 24.2. The van der Waals surface area contributed by atoms with Crippen LogP contribution < -0.4 is 5.32 Å². The summed E-state index contributed by atoms with van der Waals surface area (Å²) in [5.41, 5.74) is 0. The first-order chi connectivity index (χ1) is 6.65. The first kappa shape index (κ1) is 11.0. The first-order valence-corrected chi connectivity index (χ1v) is 4.65. The highest BCUT2D eigenvalue weighted by Crippen LogP contribution is 2.15. The Hall–Kier alpha value is -1.10. The van der Waals surface area contributed by atoms with E-state index in [1.807, 2.05) is 0 Å². The number of hydrogen-bond donors (Lipinski definition) is 1. The summed E-state index contributed by atoms with van der Waals surface area (Å²) in [5.74, 6) is -0.207. The first-order valence-electron chi connectivity index (χ1n) is 4.65. The van der Waals surface area contributed by atoms with E-state index in [9.17, 15) is 9.59 Å². The number of nitrogens with one attached hydrogen (secondary N) is 1. The van der Waals surface area contributed by atoms with Crippen LogP contribution in [0.3, 0.4) is 0 Å². The maximum Gasteiger partial charge on any atom is 0.225 e. The number of nitrogens with zero attached hydrogens (tertiary/aromatic N) is 1. The molecule has 1 unspecified atom stereocenters. The number of methoxy groups -OCH3 is 1. The lowest BCUT2D eigenvalue weighted by molar-refractivity contribution is -0.128. The molecule has 0 aromatic carbocycles. The van der Waals surface area contributed by atoms with Gasteiger partial charge in [-0.05, 0) is 0 Å². The van der Waals surface area contributed by atoms with Gasteiger partial charge in [-0.15, -0.1) is 0 Å². The molecule has 0 radical (unpaired) electrons. The SMILES string of the molecule is COCCNC(=O)C1CC(=O)N(C)C1. The molecule has 1 N–H and O–H groups in total. The van der Waals surface area contributed by atoms with Crippen molar-refractivity contribution in [1.82, 2.24) is 10.2 Å². The zero-order chi connectivity index (χ0) is 10.6. The molecule has 0 spiro atoms. The molecule has 2 amide bonds. The van der Waals surface area contributed by atoms with Crippen molar-refractivity contribution in [2.24, 2.45) is 5.92 Å². The fraction of sp³-hybridized carbons (Fsp3) is 0.778. The molecule has 1 atom stereocenters. The molecule has 5 heteroatoms. The van der Waals surface area contributed by atoms with Crippen molar-refractivity contribution < 1.29 is 14.3 Å². The summed E-state index contributed by atoms with van der Waals surface area (Å²) in [7, 11) is 3.30. The topological polar surface area (TPSA) is 58.6 Å². The van der Waals surface area contributed by atoms with E-state index >= 15 is 0 Å². The molecule has 0 aromatic rings. The van der Waals surface area contributed by atoms with Crippen molar-refractivity contribution in [3.8, 4) is 0 Å². The van der Waals surface area contributed by atoms with E-state index in [1.165, 1.54) is 0 Å². The lowest BCUT2D eigenvalue weighted by Crippen LogP contribution is -2.34. The van der Waals surface area contributed by atoms with Crippen molar-refractivity contribution in [1.29, 1.82) is 0 Å². The molecule has 5 nitrogen and oxygen atoms in total. The van der Waals surface area contributed by atoms with Gasteiger partial charge in [0, 0.05) is 33.7 Å². The number of carbonyl (C=O) groups excluding carboxylic acids is 2. The number of amides is 2. The molecule has 1 aliphatic rings. The Morgan fingerprint density at radius 1 is 1.71 bits per heavy atom. The van der Waals surface area contributed by atoms with Crippen molar-refractivity contribution in [3.63, 3.8) is 0 Å². The van der Waals surface area contributed by atoms with Gasteiger partial charge in [0.1, 0.15) is 0 Å². The number of rotatable bonds is 4. The average Bonchev–Trinajstić information content (AvgIpc) is 2.47. The van der Waals surface area contributed by atoms with E-state index in [2.05, 4.69) is 5.32 Å². The van der Waals surface area contributed by atoms with E-state index in [1.54, 1.807) is 19.1 Å². The average molecular weight is 200 g/mol. The van der Waals surface area contributed by atoms with Crippen LogP contribution in [-0.2, 0) is 14.3 Å². The fourth-order valence-electron chi connectivity index (χ4n) is 1.46. The van der Waals surface area contributed by atoms with Gasteiger partial charge in [-0.25, -0.2) is 0 Å². The number of hydrogen-bond acceptors (Lipinski definition) is 3. The monoisotopic (exact) mass is 200 g/mol.